The summed E-state index contributed by atoms with van der Waals surface area (Å²) in [5.74, 6) is -1.02. The molecule has 2 aliphatic heterocycles. The first-order valence-electron chi connectivity index (χ1n) is 9.62. The number of nitrogens with zero attached hydrogens (tertiary/aromatic N) is 2. The Morgan fingerprint density at radius 1 is 1.07 bits per heavy atom. The van der Waals surface area contributed by atoms with Crippen molar-refractivity contribution in [3.05, 3.63) is 48.1 Å². The molecule has 146 valence electrons. The van der Waals surface area contributed by atoms with Crippen molar-refractivity contribution < 1.29 is 18.4 Å². The van der Waals surface area contributed by atoms with Crippen molar-refractivity contribution in [2.75, 3.05) is 26.2 Å². The van der Waals surface area contributed by atoms with Crippen molar-refractivity contribution in [3.63, 3.8) is 0 Å². The molecule has 2 aliphatic rings. The standard InChI is InChI=1S/C21H26F2N2O2/c1-2-20(26)25-10-4-5-16(14-25)21(27)24-11-8-15(9-12-24)13-17-18(22)6-3-7-19(17)23/h2-3,6-7,15-16H,1,4-5,8-14H2. The number of carbonyl (C=O) groups excluding carboxylic acids is 2. The first-order valence-corrected chi connectivity index (χ1v) is 9.62. The van der Waals surface area contributed by atoms with Gasteiger partial charge in [0.05, 0.1) is 5.92 Å². The Bertz CT molecular complexity index is 694. The predicted octanol–water partition coefficient (Wildman–Crippen LogP) is 3.17. The zero-order valence-electron chi connectivity index (χ0n) is 15.5. The lowest BCUT2D eigenvalue weighted by atomic mass is 9.88. The molecule has 1 unspecified atom stereocenters. The summed E-state index contributed by atoms with van der Waals surface area (Å²) in [6.45, 7) is 5.84. The monoisotopic (exact) mass is 376 g/mol. The number of benzene rings is 1. The maximum atomic E-state index is 13.8. The van der Waals surface area contributed by atoms with Gasteiger partial charge in [-0.3, -0.25) is 9.59 Å². The molecular formula is C21H26F2N2O2. The van der Waals surface area contributed by atoms with Crippen LogP contribution in [-0.4, -0.2) is 47.8 Å². The van der Waals surface area contributed by atoms with E-state index < -0.39 is 11.6 Å². The van der Waals surface area contributed by atoms with Gasteiger partial charge in [0.15, 0.2) is 0 Å². The van der Waals surface area contributed by atoms with Gasteiger partial charge in [-0.15, -0.1) is 0 Å². The Kier molecular flexibility index (Phi) is 6.24. The van der Waals surface area contributed by atoms with E-state index in [1.165, 1.54) is 24.3 Å². The van der Waals surface area contributed by atoms with E-state index in [0.717, 1.165) is 25.7 Å². The van der Waals surface area contributed by atoms with Crippen LogP contribution in [0.15, 0.2) is 30.9 Å². The third kappa shape index (κ3) is 4.54. The van der Waals surface area contributed by atoms with E-state index in [-0.39, 0.29) is 29.2 Å². The molecule has 0 radical (unpaired) electrons. The van der Waals surface area contributed by atoms with Crippen LogP contribution in [-0.2, 0) is 16.0 Å². The lowest BCUT2D eigenvalue weighted by Gasteiger charge is -2.37. The summed E-state index contributed by atoms with van der Waals surface area (Å²) in [4.78, 5) is 28.2. The van der Waals surface area contributed by atoms with Crippen LogP contribution in [0.2, 0.25) is 0 Å². The summed E-state index contributed by atoms with van der Waals surface area (Å²) in [5, 5.41) is 0. The highest BCUT2D eigenvalue weighted by Crippen LogP contribution is 2.27. The SMILES string of the molecule is C=CC(=O)N1CCCC(C(=O)N2CCC(Cc3c(F)cccc3F)CC2)C1. The van der Waals surface area contributed by atoms with Gasteiger partial charge in [-0.25, -0.2) is 8.78 Å². The fraction of sp³-hybridized carbons (Fsp3) is 0.524. The summed E-state index contributed by atoms with van der Waals surface area (Å²) < 4.78 is 27.7. The van der Waals surface area contributed by atoms with Gasteiger partial charge in [0.25, 0.3) is 0 Å². The molecule has 1 aromatic rings. The Balaban J connectivity index is 1.53. The zero-order valence-corrected chi connectivity index (χ0v) is 15.5. The molecule has 1 aromatic carbocycles. The number of halogens is 2. The minimum Gasteiger partial charge on any atom is -0.342 e. The van der Waals surface area contributed by atoms with Gasteiger partial charge in [-0.1, -0.05) is 12.6 Å². The highest BCUT2D eigenvalue weighted by Gasteiger charge is 2.32. The van der Waals surface area contributed by atoms with E-state index in [1.54, 1.807) is 4.90 Å². The number of carbonyl (C=O) groups is 2. The van der Waals surface area contributed by atoms with Gasteiger partial charge in [0.1, 0.15) is 11.6 Å². The summed E-state index contributed by atoms with van der Waals surface area (Å²) in [5.41, 5.74) is 0.146. The second kappa shape index (κ2) is 8.63. The Morgan fingerprint density at radius 2 is 1.74 bits per heavy atom. The maximum absolute atomic E-state index is 13.8. The van der Waals surface area contributed by atoms with Crippen LogP contribution in [0.1, 0.15) is 31.2 Å². The number of hydrogen-bond donors (Lipinski definition) is 0. The van der Waals surface area contributed by atoms with E-state index in [2.05, 4.69) is 6.58 Å². The van der Waals surface area contributed by atoms with Crippen LogP contribution in [0.4, 0.5) is 8.78 Å². The van der Waals surface area contributed by atoms with Gasteiger partial charge in [0.2, 0.25) is 11.8 Å². The molecule has 0 spiro atoms. The molecule has 0 aliphatic carbocycles. The van der Waals surface area contributed by atoms with Gasteiger partial charge in [-0.2, -0.15) is 0 Å². The molecule has 27 heavy (non-hydrogen) atoms. The smallest absolute Gasteiger partial charge is 0.245 e. The van der Waals surface area contributed by atoms with E-state index in [0.29, 0.717) is 32.6 Å². The number of hydrogen-bond acceptors (Lipinski definition) is 2. The summed E-state index contributed by atoms with van der Waals surface area (Å²) in [6.07, 6.45) is 4.74. The minimum atomic E-state index is -0.498. The van der Waals surface area contributed by atoms with E-state index in [9.17, 15) is 18.4 Å². The van der Waals surface area contributed by atoms with Crippen molar-refractivity contribution in [3.8, 4) is 0 Å². The van der Waals surface area contributed by atoms with Crippen molar-refractivity contribution in [1.29, 1.82) is 0 Å². The van der Waals surface area contributed by atoms with Gasteiger partial charge < -0.3 is 9.80 Å². The fourth-order valence-corrected chi connectivity index (χ4v) is 4.14. The quantitative estimate of drug-likeness (QED) is 0.758. The molecular weight excluding hydrogens is 350 g/mol. The highest BCUT2D eigenvalue weighted by atomic mass is 19.1. The number of amides is 2. The Morgan fingerprint density at radius 3 is 2.37 bits per heavy atom. The van der Waals surface area contributed by atoms with Gasteiger partial charge in [-0.05, 0) is 56.2 Å². The molecule has 0 bridgehead atoms. The number of rotatable bonds is 4. The molecule has 0 aromatic heterocycles. The number of likely N-dealkylation sites (tertiary alicyclic amines) is 2. The first kappa shape index (κ1) is 19.5. The lowest BCUT2D eigenvalue weighted by Crippen LogP contribution is -2.48. The van der Waals surface area contributed by atoms with Gasteiger partial charge >= 0.3 is 0 Å². The minimum absolute atomic E-state index is 0.0899. The molecule has 6 heteroatoms. The second-order valence-corrected chi connectivity index (χ2v) is 7.50. The van der Waals surface area contributed by atoms with Crippen LogP contribution in [0.25, 0.3) is 0 Å². The maximum Gasteiger partial charge on any atom is 0.245 e. The van der Waals surface area contributed by atoms with E-state index >= 15 is 0 Å². The largest absolute Gasteiger partial charge is 0.342 e. The van der Waals surface area contributed by atoms with Crippen LogP contribution in [0.5, 0.6) is 0 Å². The third-order valence-corrected chi connectivity index (χ3v) is 5.74. The first-order chi connectivity index (χ1) is 13.0. The molecule has 3 rings (SSSR count). The topological polar surface area (TPSA) is 40.6 Å². The molecule has 2 fully saturated rings. The molecule has 1 atom stereocenters. The second-order valence-electron chi connectivity index (χ2n) is 7.50. The van der Waals surface area contributed by atoms with Crippen molar-refractivity contribution >= 4 is 11.8 Å². The van der Waals surface area contributed by atoms with Crippen LogP contribution in [0, 0.1) is 23.5 Å². The van der Waals surface area contributed by atoms with Crippen LogP contribution >= 0.6 is 0 Å². The van der Waals surface area contributed by atoms with E-state index in [4.69, 9.17) is 0 Å². The average molecular weight is 376 g/mol. The summed E-state index contributed by atoms with van der Waals surface area (Å²) >= 11 is 0. The third-order valence-electron chi connectivity index (χ3n) is 5.74. The van der Waals surface area contributed by atoms with Crippen molar-refractivity contribution in [1.82, 2.24) is 9.80 Å². The molecule has 4 nitrogen and oxygen atoms in total. The average Bonchev–Trinajstić information content (AvgIpc) is 2.70. The van der Waals surface area contributed by atoms with Crippen LogP contribution < -0.4 is 0 Å². The molecule has 2 amide bonds. The van der Waals surface area contributed by atoms with Gasteiger partial charge in [0, 0.05) is 31.7 Å². The molecule has 2 heterocycles. The highest BCUT2D eigenvalue weighted by molar-refractivity contribution is 5.88. The number of piperidine rings is 2. The Hall–Kier alpha value is -2.24. The van der Waals surface area contributed by atoms with Crippen molar-refractivity contribution in [2.24, 2.45) is 11.8 Å². The molecule has 0 saturated carbocycles. The lowest BCUT2D eigenvalue weighted by molar-refractivity contribution is -0.140. The van der Waals surface area contributed by atoms with Crippen LogP contribution in [0.3, 0.4) is 0 Å². The molecule has 2 saturated heterocycles. The van der Waals surface area contributed by atoms with E-state index in [1.807, 2.05) is 4.90 Å². The van der Waals surface area contributed by atoms with Crippen molar-refractivity contribution in [2.45, 2.75) is 32.1 Å². The summed E-state index contributed by atoms with van der Waals surface area (Å²) in [6, 6.07) is 3.95. The normalized spacial score (nSPS) is 21.2. The predicted molar refractivity (Wildman–Crippen MR) is 98.9 cm³/mol. The summed E-state index contributed by atoms with van der Waals surface area (Å²) in [7, 11) is 0. The molecule has 0 N–H and O–H groups in total. The zero-order chi connectivity index (χ0) is 19.4. The Labute approximate surface area is 158 Å². The fourth-order valence-electron chi connectivity index (χ4n) is 4.14.